The monoisotopic (exact) mass is 377 g/mol. The van der Waals surface area contributed by atoms with Crippen molar-refractivity contribution >= 4 is 5.91 Å². The zero-order chi connectivity index (χ0) is 19.9. The minimum absolute atomic E-state index is 0.0951. The first kappa shape index (κ1) is 19.5. The summed E-state index contributed by atoms with van der Waals surface area (Å²) in [5.74, 6) is -0.154. The van der Waals surface area contributed by atoms with Gasteiger partial charge in [-0.25, -0.2) is 0 Å². The molecule has 0 bridgehead atoms. The molecule has 0 saturated carbocycles. The highest BCUT2D eigenvalue weighted by molar-refractivity contribution is 5.97. The van der Waals surface area contributed by atoms with Crippen LogP contribution in [0.5, 0.6) is 11.5 Å². The fraction of sp³-hybridized carbons (Fsp3) is 0.174. The van der Waals surface area contributed by atoms with E-state index in [2.05, 4.69) is 5.32 Å². The van der Waals surface area contributed by atoms with Crippen LogP contribution in [0.4, 0.5) is 0 Å². The van der Waals surface area contributed by atoms with Crippen molar-refractivity contribution in [3.8, 4) is 11.5 Å². The van der Waals surface area contributed by atoms with E-state index in [-0.39, 0.29) is 11.3 Å². The molecule has 1 amide bonds. The number of phenolic OH excluding ortho intramolecular Hbond substituents is 1. The van der Waals surface area contributed by atoms with Crippen molar-refractivity contribution in [3.63, 3.8) is 0 Å². The summed E-state index contributed by atoms with van der Waals surface area (Å²) in [4.78, 5) is 12.6. The number of amides is 1. The number of aromatic hydroxyl groups is 1. The van der Waals surface area contributed by atoms with Crippen LogP contribution in [0.1, 0.15) is 34.5 Å². The molecule has 0 fully saturated rings. The van der Waals surface area contributed by atoms with Crippen LogP contribution in [-0.4, -0.2) is 22.2 Å². The fourth-order valence-corrected chi connectivity index (χ4v) is 2.83. The Morgan fingerprint density at radius 3 is 2.32 bits per heavy atom. The summed E-state index contributed by atoms with van der Waals surface area (Å²) < 4.78 is 5.72. The van der Waals surface area contributed by atoms with Gasteiger partial charge in [0.25, 0.3) is 5.91 Å². The van der Waals surface area contributed by atoms with Gasteiger partial charge in [-0.05, 0) is 36.2 Å². The molecule has 144 valence electrons. The van der Waals surface area contributed by atoms with Gasteiger partial charge in [0.05, 0.1) is 17.7 Å². The SMILES string of the molecule is CC(NC(=O)c1cc(OCc2ccccc2)ccc1O)C(O)c1ccccc1. The normalized spacial score (nSPS) is 12.8. The smallest absolute Gasteiger partial charge is 0.255 e. The standard InChI is InChI=1S/C23H23NO4/c1-16(22(26)18-10-6-3-7-11-18)24-23(27)20-14-19(12-13-21(20)25)28-15-17-8-4-2-5-9-17/h2-14,16,22,25-26H,15H2,1H3,(H,24,27). The quantitative estimate of drug-likeness (QED) is 0.585. The van der Waals surface area contributed by atoms with Crippen LogP contribution >= 0.6 is 0 Å². The first-order valence-electron chi connectivity index (χ1n) is 9.08. The highest BCUT2D eigenvalue weighted by atomic mass is 16.5. The Morgan fingerprint density at radius 1 is 1.00 bits per heavy atom. The van der Waals surface area contributed by atoms with Crippen LogP contribution in [0.15, 0.2) is 78.9 Å². The molecule has 0 heterocycles. The maximum absolute atomic E-state index is 12.6. The molecule has 0 aromatic heterocycles. The molecule has 0 radical (unpaired) electrons. The van der Waals surface area contributed by atoms with E-state index in [0.717, 1.165) is 5.56 Å². The zero-order valence-corrected chi connectivity index (χ0v) is 15.6. The largest absolute Gasteiger partial charge is 0.507 e. The van der Waals surface area contributed by atoms with E-state index in [4.69, 9.17) is 4.74 Å². The number of hydrogen-bond donors (Lipinski definition) is 3. The van der Waals surface area contributed by atoms with E-state index >= 15 is 0 Å². The predicted molar refractivity (Wildman–Crippen MR) is 107 cm³/mol. The summed E-state index contributed by atoms with van der Waals surface area (Å²) in [5, 5.41) is 23.2. The molecule has 5 heteroatoms. The highest BCUT2D eigenvalue weighted by Crippen LogP contribution is 2.25. The molecule has 3 rings (SSSR count). The van der Waals surface area contributed by atoms with E-state index in [1.165, 1.54) is 12.1 Å². The number of benzene rings is 3. The summed E-state index contributed by atoms with van der Waals surface area (Å²) in [6.07, 6.45) is -0.857. The van der Waals surface area contributed by atoms with E-state index in [1.807, 2.05) is 48.5 Å². The van der Waals surface area contributed by atoms with Crippen molar-refractivity contribution in [2.45, 2.75) is 25.7 Å². The van der Waals surface area contributed by atoms with Crippen LogP contribution in [0.2, 0.25) is 0 Å². The summed E-state index contributed by atoms with van der Waals surface area (Å²) >= 11 is 0. The number of aliphatic hydroxyl groups is 1. The number of rotatable bonds is 7. The molecular weight excluding hydrogens is 354 g/mol. The predicted octanol–water partition coefficient (Wildman–Crippen LogP) is 3.82. The number of phenols is 1. The van der Waals surface area contributed by atoms with Gasteiger partial charge in [-0.15, -0.1) is 0 Å². The molecule has 0 aliphatic rings. The first-order valence-corrected chi connectivity index (χ1v) is 9.08. The number of carbonyl (C=O) groups is 1. The number of ether oxygens (including phenoxy) is 1. The van der Waals surface area contributed by atoms with Crippen molar-refractivity contribution in [1.82, 2.24) is 5.32 Å². The Labute approximate surface area is 164 Å². The lowest BCUT2D eigenvalue weighted by molar-refractivity contribution is 0.0849. The lowest BCUT2D eigenvalue weighted by atomic mass is 10.0. The molecule has 2 unspecified atom stereocenters. The van der Waals surface area contributed by atoms with E-state index in [9.17, 15) is 15.0 Å². The van der Waals surface area contributed by atoms with Gasteiger partial charge in [0.2, 0.25) is 0 Å². The number of nitrogens with one attached hydrogen (secondary N) is 1. The van der Waals surface area contributed by atoms with E-state index < -0.39 is 18.1 Å². The lowest BCUT2D eigenvalue weighted by Gasteiger charge is -2.21. The third-order valence-corrected chi connectivity index (χ3v) is 4.43. The van der Waals surface area contributed by atoms with Gasteiger partial charge in [0.15, 0.2) is 0 Å². The number of aliphatic hydroxyl groups excluding tert-OH is 1. The summed E-state index contributed by atoms with van der Waals surface area (Å²) in [6.45, 7) is 2.07. The van der Waals surface area contributed by atoms with Crippen LogP contribution < -0.4 is 10.1 Å². The van der Waals surface area contributed by atoms with Crippen LogP contribution in [0.3, 0.4) is 0 Å². The molecule has 0 aliphatic heterocycles. The van der Waals surface area contributed by atoms with Crippen molar-refractivity contribution in [1.29, 1.82) is 0 Å². The van der Waals surface area contributed by atoms with Crippen molar-refractivity contribution < 1.29 is 19.7 Å². The molecule has 5 nitrogen and oxygen atoms in total. The third-order valence-electron chi connectivity index (χ3n) is 4.43. The number of carbonyl (C=O) groups excluding carboxylic acids is 1. The second-order valence-electron chi connectivity index (χ2n) is 6.57. The van der Waals surface area contributed by atoms with Gasteiger partial charge in [-0.1, -0.05) is 60.7 Å². The van der Waals surface area contributed by atoms with Crippen LogP contribution in [0, 0.1) is 0 Å². The maximum Gasteiger partial charge on any atom is 0.255 e. The Kier molecular flexibility index (Phi) is 6.29. The minimum Gasteiger partial charge on any atom is -0.507 e. The summed E-state index contributed by atoms with van der Waals surface area (Å²) in [6, 6.07) is 22.8. The van der Waals surface area contributed by atoms with Crippen molar-refractivity contribution in [2.24, 2.45) is 0 Å². The Morgan fingerprint density at radius 2 is 1.64 bits per heavy atom. The molecule has 0 saturated heterocycles. The molecular formula is C23H23NO4. The van der Waals surface area contributed by atoms with E-state index in [1.54, 1.807) is 25.1 Å². The maximum atomic E-state index is 12.6. The fourth-order valence-electron chi connectivity index (χ4n) is 2.83. The van der Waals surface area contributed by atoms with Gasteiger partial charge in [-0.3, -0.25) is 4.79 Å². The van der Waals surface area contributed by atoms with Crippen LogP contribution in [-0.2, 0) is 6.61 Å². The lowest BCUT2D eigenvalue weighted by Crippen LogP contribution is -2.37. The number of hydrogen-bond acceptors (Lipinski definition) is 4. The molecule has 0 aliphatic carbocycles. The van der Waals surface area contributed by atoms with E-state index in [0.29, 0.717) is 17.9 Å². The molecule has 2 atom stereocenters. The first-order chi connectivity index (χ1) is 13.5. The Hall–Kier alpha value is -3.31. The van der Waals surface area contributed by atoms with Gasteiger partial charge in [-0.2, -0.15) is 0 Å². The van der Waals surface area contributed by atoms with Crippen LogP contribution in [0.25, 0.3) is 0 Å². The molecule has 28 heavy (non-hydrogen) atoms. The van der Waals surface area contributed by atoms with Crippen molar-refractivity contribution in [2.75, 3.05) is 0 Å². The second-order valence-corrected chi connectivity index (χ2v) is 6.57. The van der Waals surface area contributed by atoms with Gasteiger partial charge >= 0.3 is 0 Å². The molecule has 3 N–H and O–H groups in total. The van der Waals surface area contributed by atoms with Gasteiger partial charge in [0.1, 0.15) is 18.1 Å². The zero-order valence-electron chi connectivity index (χ0n) is 15.6. The minimum atomic E-state index is -0.857. The van der Waals surface area contributed by atoms with Gasteiger partial charge < -0.3 is 20.3 Å². The van der Waals surface area contributed by atoms with Gasteiger partial charge in [0, 0.05) is 0 Å². The molecule has 3 aromatic rings. The highest BCUT2D eigenvalue weighted by Gasteiger charge is 2.21. The van der Waals surface area contributed by atoms with Crippen molar-refractivity contribution in [3.05, 3.63) is 95.6 Å². The summed E-state index contributed by atoms with van der Waals surface area (Å²) in [7, 11) is 0. The average molecular weight is 377 g/mol. The third kappa shape index (κ3) is 4.90. The Bertz CT molecular complexity index is 912. The Balaban J connectivity index is 1.67. The molecule has 0 spiro atoms. The average Bonchev–Trinajstić information content (AvgIpc) is 2.73. The summed E-state index contributed by atoms with van der Waals surface area (Å²) in [5.41, 5.74) is 1.80. The second kappa shape index (κ2) is 9.06. The molecule has 3 aromatic carbocycles. The topological polar surface area (TPSA) is 78.8 Å².